The van der Waals surface area contributed by atoms with Gasteiger partial charge in [-0.25, -0.2) is 9.97 Å². The molecule has 0 unspecified atom stereocenters. The third-order valence-corrected chi connectivity index (χ3v) is 2.83. The molecule has 0 aliphatic rings. The number of nitrogens with zero attached hydrogens (tertiary/aromatic N) is 3. The van der Waals surface area contributed by atoms with Gasteiger partial charge in [-0.2, -0.15) is 5.26 Å². The SMILES string of the molecule is COc1cnc(Cl)cc1-c1cnc(C#N)cc1C(N)=O. The molecule has 0 spiro atoms. The number of nitrogens with two attached hydrogens (primary N) is 1. The van der Waals surface area contributed by atoms with E-state index in [4.69, 9.17) is 27.3 Å². The van der Waals surface area contributed by atoms with Crippen LogP contribution in [0.3, 0.4) is 0 Å². The van der Waals surface area contributed by atoms with Crippen LogP contribution in [-0.4, -0.2) is 23.0 Å². The first kappa shape index (κ1) is 13.8. The van der Waals surface area contributed by atoms with Crippen LogP contribution < -0.4 is 10.5 Å². The Labute approximate surface area is 119 Å². The summed E-state index contributed by atoms with van der Waals surface area (Å²) < 4.78 is 5.18. The highest BCUT2D eigenvalue weighted by atomic mass is 35.5. The molecule has 0 atom stereocenters. The Hall–Kier alpha value is -2.65. The van der Waals surface area contributed by atoms with Crippen LogP contribution >= 0.6 is 11.6 Å². The zero-order valence-electron chi connectivity index (χ0n) is 10.4. The number of carbonyl (C=O) groups excluding carboxylic acids is 1. The van der Waals surface area contributed by atoms with Gasteiger partial charge in [0.05, 0.1) is 18.9 Å². The van der Waals surface area contributed by atoms with Crippen molar-refractivity contribution in [3.05, 3.63) is 40.9 Å². The summed E-state index contributed by atoms with van der Waals surface area (Å²) in [4.78, 5) is 19.4. The Morgan fingerprint density at radius 2 is 2.10 bits per heavy atom. The lowest BCUT2D eigenvalue weighted by atomic mass is 10.0. The monoisotopic (exact) mass is 288 g/mol. The second-order valence-corrected chi connectivity index (χ2v) is 4.19. The summed E-state index contributed by atoms with van der Waals surface area (Å²) >= 11 is 5.86. The van der Waals surface area contributed by atoms with Gasteiger partial charge in [0.2, 0.25) is 5.91 Å². The Balaban J connectivity index is 2.73. The van der Waals surface area contributed by atoms with Crippen LogP contribution in [0.5, 0.6) is 5.75 Å². The van der Waals surface area contributed by atoms with Gasteiger partial charge >= 0.3 is 0 Å². The maximum Gasteiger partial charge on any atom is 0.249 e. The normalized spacial score (nSPS) is 9.85. The first-order valence-corrected chi connectivity index (χ1v) is 5.84. The Morgan fingerprint density at radius 3 is 2.70 bits per heavy atom. The highest BCUT2D eigenvalue weighted by molar-refractivity contribution is 6.29. The highest BCUT2D eigenvalue weighted by Gasteiger charge is 2.16. The van der Waals surface area contributed by atoms with Gasteiger partial charge < -0.3 is 10.5 Å². The minimum absolute atomic E-state index is 0.0988. The number of carbonyl (C=O) groups is 1. The molecule has 0 saturated heterocycles. The Morgan fingerprint density at radius 1 is 1.35 bits per heavy atom. The minimum Gasteiger partial charge on any atom is -0.494 e. The topological polar surface area (TPSA) is 102 Å². The van der Waals surface area contributed by atoms with E-state index in [1.165, 1.54) is 31.6 Å². The third-order valence-electron chi connectivity index (χ3n) is 2.63. The van der Waals surface area contributed by atoms with Gasteiger partial charge in [-0.05, 0) is 12.1 Å². The molecular weight excluding hydrogens is 280 g/mol. The molecule has 1 amide bonds. The summed E-state index contributed by atoms with van der Waals surface area (Å²) in [6.45, 7) is 0. The standard InChI is InChI=1S/C13H9ClN4O2/c1-20-11-6-18-12(14)3-8(11)10-5-17-7(4-15)2-9(10)13(16)19/h2-3,5-6H,1H3,(H2,16,19). The molecule has 0 fully saturated rings. The molecule has 0 bridgehead atoms. The molecule has 20 heavy (non-hydrogen) atoms. The van der Waals surface area contributed by atoms with Crippen molar-refractivity contribution in [2.75, 3.05) is 7.11 Å². The maximum atomic E-state index is 11.5. The zero-order chi connectivity index (χ0) is 14.7. The van der Waals surface area contributed by atoms with Crippen molar-refractivity contribution in [2.45, 2.75) is 0 Å². The molecule has 0 aliphatic heterocycles. The number of methoxy groups -OCH3 is 1. The van der Waals surface area contributed by atoms with Crippen LogP contribution in [0.2, 0.25) is 5.15 Å². The molecule has 6 nitrogen and oxygen atoms in total. The molecule has 2 aromatic rings. The zero-order valence-corrected chi connectivity index (χ0v) is 11.2. The summed E-state index contributed by atoms with van der Waals surface area (Å²) in [5.74, 6) is -0.253. The first-order chi connectivity index (χ1) is 9.56. The quantitative estimate of drug-likeness (QED) is 0.867. The summed E-state index contributed by atoms with van der Waals surface area (Å²) in [5, 5.41) is 9.07. The molecule has 7 heteroatoms. The van der Waals surface area contributed by atoms with E-state index in [0.29, 0.717) is 16.9 Å². The summed E-state index contributed by atoms with van der Waals surface area (Å²) in [7, 11) is 1.47. The van der Waals surface area contributed by atoms with Gasteiger partial charge in [0.1, 0.15) is 22.7 Å². The number of hydrogen-bond acceptors (Lipinski definition) is 5. The fourth-order valence-corrected chi connectivity index (χ4v) is 1.88. The number of primary amides is 1. The number of halogens is 1. The van der Waals surface area contributed by atoms with Crippen LogP contribution in [0, 0.1) is 11.3 Å². The number of hydrogen-bond donors (Lipinski definition) is 1. The van der Waals surface area contributed by atoms with Crippen molar-refractivity contribution in [1.29, 1.82) is 5.26 Å². The van der Waals surface area contributed by atoms with Gasteiger partial charge in [0.15, 0.2) is 0 Å². The number of aromatic nitrogens is 2. The fraction of sp³-hybridized carbons (Fsp3) is 0.0769. The Kier molecular flexibility index (Phi) is 3.82. The summed E-state index contributed by atoms with van der Waals surface area (Å²) in [5.41, 5.74) is 6.56. The minimum atomic E-state index is -0.672. The van der Waals surface area contributed by atoms with Crippen LogP contribution in [0.25, 0.3) is 11.1 Å². The second-order valence-electron chi connectivity index (χ2n) is 3.80. The molecule has 0 saturated carbocycles. The van der Waals surface area contributed by atoms with Crippen LogP contribution in [-0.2, 0) is 0 Å². The average Bonchev–Trinajstić information content (AvgIpc) is 2.46. The van der Waals surface area contributed by atoms with Crippen molar-refractivity contribution in [3.63, 3.8) is 0 Å². The lowest BCUT2D eigenvalue weighted by molar-refractivity contribution is 0.100. The second kappa shape index (κ2) is 5.55. The number of pyridine rings is 2. The Bertz CT molecular complexity index is 725. The van der Waals surface area contributed by atoms with Gasteiger partial charge in [0.25, 0.3) is 0 Å². The fourth-order valence-electron chi connectivity index (χ4n) is 1.73. The molecule has 100 valence electrons. The van der Waals surface area contributed by atoms with E-state index in [-0.39, 0.29) is 16.4 Å². The van der Waals surface area contributed by atoms with Gasteiger partial charge in [-0.1, -0.05) is 11.6 Å². The van der Waals surface area contributed by atoms with E-state index in [1.807, 2.05) is 6.07 Å². The average molecular weight is 289 g/mol. The molecule has 0 aromatic carbocycles. The lowest BCUT2D eigenvalue weighted by Crippen LogP contribution is -2.13. The lowest BCUT2D eigenvalue weighted by Gasteiger charge is -2.11. The molecule has 2 heterocycles. The van der Waals surface area contributed by atoms with E-state index >= 15 is 0 Å². The first-order valence-electron chi connectivity index (χ1n) is 5.46. The number of amides is 1. The number of rotatable bonds is 3. The van der Waals surface area contributed by atoms with Crippen molar-refractivity contribution in [3.8, 4) is 22.9 Å². The third kappa shape index (κ3) is 2.53. The van der Waals surface area contributed by atoms with E-state index in [0.717, 1.165) is 0 Å². The van der Waals surface area contributed by atoms with Crippen LogP contribution in [0.1, 0.15) is 16.1 Å². The summed E-state index contributed by atoms with van der Waals surface area (Å²) in [6, 6.07) is 4.71. The predicted molar refractivity (Wildman–Crippen MR) is 72.3 cm³/mol. The van der Waals surface area contributed by atoms with E-state index < -0.39 is 5.91 Å². The van der Waals surface area contributed by atoms with Crippen molar-refractivity contribution >= 4 is 17.5 Å². The molecule has 2 aromatic heterocycles. The van der Waals surface area contributed by atoms with E-state index in [2.05, 4.69) is 9.97 Å². The largest absolute Gasteiger partial charge is 0.494 e. The van der Waals surface area contributed by atoms with Crippen molar-refractivity contribution < 1.29 is 9.53 Å². The number of ether oxygens (including phenoxy) is 1. The van der Waals surface area contributed by atoms with Gasteiger partial charge in [0, 0.05) is 17.3 Å². The van der Waals surface area contributed by atoms with Crippen molar-refractivity contribution in [1.82, 2.24) is 9.97 Å². The molecular formula is C13H9ClN4O2. The highest BCUT2D eigenvalue weighted by Crippen LogP contribution is 2.33. The van der Waals surface area contributed by atoms with Gasteiger partial charge in [-0.15, -0.1) is 0 Å². The van der Waals surface area contributed by atoms with Crippen LogP contribution in [0.15, 0.2) is 24.5 Å². The maximum absolute atomic E-state index is 11.5. The molecule has 2 N–H and O–H groups in total. The molecule has 0 aliphatic carbocycles. The smallest absolute Gasteiger partial charge is 0.249 e. The van der Waals surface area contributed by atoms with Crippen LogP contribution in [0.4, 0.5) is 0 Å². The predicted octanol–water partition coefficient (Wildman–Crippen LogP) is 1.78. The van der Waals surface area contributed by atoms with E-state index in [1.54, 1.807) is 0 Å². The van der Waals surface area contributed by atoms with Gasteiger partial charge in [-0.3, -0.25) is 4.79 Å². The summed E-state index contributed by atoms with van der Waals surface area (Å²) in [6.07, 6.45) is 2.81. The van der Waals surface area contributed by atoms with E-state index in [9.17, 15) is 4.79 Å². The van der Waals surface area contributed by atoms with Crippen molar-refractivity contribution in [2.24, 2.45) is 5.73 Å². The number of nitriles is 1. The molecule has 2 rings (SSSR count). The molecule has 0 radical (unpaired) electrons.